The molecule has 7 heteroatoms. The Morgan fingerprint density at radius 2 is 1.90 bits per heavy atom. The lowest BCUT2D eigenvalue weighted by Gasteiger charge is -2.44. The summed E-state index contributed by atoms with van der Waals surface area (Å²) in [7, 11) is 0. The van der Waals surface area contributed by atoms with Gasteiger partial charge in [0.1, 0.15) is 18.0 Å². The molecule has 3 unspecified atom stereocenters. The summed E-state index contributed by atoms with van der Waals surface area (Å²) in [5.41, 5.74) is 1.36. The number of rotatable bonds is 1. The van der Waals surface area contributed by atoms with E-state index in [1.54, 1.807) is 6.07 Å². The van der Waals surface area contributed by atoms with Gasteiger partial charge in [-0.25, -0.2) is 14.4 Å². The molecule has 1 fully saturated rings. The number of aromatic nitrogens is 2. The zero-order chi connectivity index (χ0) is 22.1. The van der Waals surface area contributed by atoms with Gasteiger partial charge in [-0.3, -0.25) is 4.79 Å². The number of hydrogen-bond acceptors (Lipinski definition) is 5. The van der Waals surface area contributed by atoms with E-state index < -0.39 is 10.8 Å². The number of aryl methyl sites for hydroxylation is 1. The highest BCUT2D eigenvalue weighted by Crippen LogP contribution is 2.67. The number of amides is 1. The smallest absolute Gasteiger partial charge is 0.240 e. The normalized spacial score (nSPS) is 27.2. The Labute approximate surface area is 180 Å². The summed E-state index contributed by atoms with van der Waals surface area (Å²) in [6.45, 7) is 6.13. The van der Waals surface area contributed by atoms with Crippen LogP contribution in [0.15, 0.2) is 18.2 Å². The number of anilines is 1. The standard InChI is InChI=1S/C24H22FN5O/c1-13-4-5-14-10-15(25)6-7-19(14)30(13)22(31)24-9-8-16(23(24,2)3)20-21(24)29-18(12-27)17(11-26)28-20/h6-7,10,13,16H,4-5,8-9H2,1-3H3. The van der Waals surface area contributed by atoms with E-state index in [9.17, 15) is 19.7 Å². The zero-order valence-corrected chi connectivity index (χ0v) is 17.7. The molecular formula is C24H22FN5O. The third-order valence-corrected chi connectivity index (χ3v) is 7.81. The van der Waals surface area contributed by atoms with Crippen LogP contribution in [0.25, 0.3) is 0 Å². The molecule has 0 radical (unpaired) electrons. The molecule has 1 aromatic carbocycles. The number of carbonyl (C=O) groups is 1. The molecule has 1 aliphatic heterocycles. The Hall–Kier alpha value is -3.32. The Kier molecular flexibility index (Phi) is 4.02. The van der Waals surface area contributed by atoms with Crippen LogP contribution in [-0.2, 0) is 16.6 Å². The number of nitrogens with zero attached hydrogens (tertiary/aromatic N) is 5. The quantitative estimate of drug-likeness (QED) is 0.704. The fourth-order valence-corrected chi connectivity index (χ4v) is 6.12. The van der Waals surface area contributed by atoms with Gasteiger partial charge in [-0.1, -0.05) is 13.8 Å². The molecule has 2 heterocycles. The molecule has 156 valence electrons. The van der Waals surface area contributed by atoms with E-state index in [2.05, 4.69) is 23.8 Å². The first kappa shape index (κ1) is 19.6. The topological polar surface area (TPSA) is 93.7 Å². The van der Waals surface area contributed by atoms with E-state index in [1.807, 2.05) is 24.0 Å². The zero-order valence-electron chi connectivity index (χ0n) is 17.7. The van der Waals surface area contributed by atoms with E-state index in [1.165, 1.54) is 12.1 Å². The van der Waals surface area contributed by atoms with E-state index in [4.69, 9.17) is 0 Å². The fourth-order valence-electron chi connectivity index (χ4n) is 6.12. The van der Waals surface area contributed by atoms with Gasteiger partial charge in [0.25, 0.3) is 0 Å². The van der Waals surface area contributed by atoms with Crippen molar-refractivity contribution in [2.75, 3.05) is 4.90 Å². The third-order valence-electron chi connectivity index (χ3n) is 7.81. The number of halogens is 1. The minimum absolute atomic E-state index is 0.00780. The number of hydrogen-bond donors (Lipinski definition) is 0. The maximum Gasteiger partial charge on any atom is 0.240 e. The van der Waals surface area contributed by atoms with Gasteiger partial charge >= 0.3 is 0 Å². The van der Waals surface area contributed by atoms with Crippen LogP contribution >= 0.6 is 0 Å². The second-order valence-electron chi connectivity index (χ2n) is 9.43. The third kappa shape index (κ3) is 2.32. The van der Waals surface area contributed by atoms with Crippen molar-refractivity contribution in [2.24, 2.45) is 5.41 Å². The minimum Gasteiger partial charge on any atom is -0.309 e. The highest BCUT2D eigenvalue weighted by Gasteiger charge is 2.69. The molecule has 2 aromatic rings. The van der Waals surface area contributed by atoms with E-state index >= 15 is 0 Å². The Morgan fingerprint density at radius 3 is 2.61 bits per heavy atom. The first-order valence-corrected chi connectivity index (χ1v) is 10.6. The van der Waals surface area contributed by atoms with Crippen LogP contribution in [0.2, 0.25) is 0 Å². The summed E-state index contributed by atoms with van der Waals surface area (Å²) < 4.78 is 13.9. The molecule has 3 aliphatic rings. The predicted octanol–water partition coefficient (Wildman–Crippen LogP) is 3.88. The van der Waals surface area contributed by atoms with Crippen molar-refractivity contribution in [3.05, 3.63) is 52.4 Å². The van der Waals surface area contributed by atoms with Crippen molar-refractivity contribution < 1.29 is 9.18 Å². The minimum atomic E-state index is -0.934. The van der Waals surface area contributed by atoms with Gasteiger partial charge in [-0.15, -0.1) is 0 Å². The lowest BCUT2D eigenvalue weighted by Crippen LogP contribution is -2.55. The van der Waals surface area contributed by atoms with Crippen LogP contribution in [0.1, 0.15) is 74.3 Å². The molecule has 6 nitrogen and oxygen atoms in total. The van der Waals surface area contributed by atoms with Crippen molar-refractivity contribution in [2.45, 2.75) is 63.8 Å². The first-order valence-electron chi connectivity index (χ1n) is 10.6. The largest absolute Gasteiger partial charge is 0.309 e. The SMILES string of the molecule is CC1CCc2cc(F)ccc2N1C(=O)C12CCC(c3nc(C#N)c(C#N)nc31)C2(C)C. The second-order valence-corrected chi connectivity index (χ2v) is 9.43. The average Bonchev–Trinajstić information content (AvgIpc) is 3.13. The maximum absolute atomic E-state index is 14.4. The van der Waals surface area contributed by atoms with Crippen LogP contribution in [0.3, 0.4) is 0 Å². The lowest BCUT2D eigenvalue weighted by atomic mass is 9.67. The Balaban J connectivity index is 1.72. The van der Waals surface area contributed by atoms with E-state index in [-0.39, 0.29) is 35.1 Å². The maximum atomic E-state index is 14.4. The summed E-state index contributed by atoms with van der Waals surface area (Å²) in [4.78, 5) is 25.2. The fraction of sp³-hybridized carbons (Fsp3) is 0.458. The van der Waals surface area contributed by atoms with E-state index in [0.29, 0.717) is 17.8 Å². The average molecular weight is 415 g/mol. The Bertz CT molecular complexity index is 1220. The highest BCUT2D eigenvalue weighted by atomic mass is 19.1. The Morgan fingerprint density at radius 1 is 1.19 bits per heavy atom. The first-order chi connectivity index (χ1) is 14.8. The highest BCUT2D eigenvalue weighted by molar-refractivity contribution is 6.04. The molecule has 0 spiro atoms. The van der Waals surface area contributed by atoms with Gasteiger partial charge in [0.2, 0.25) is 5.91 Å². The molecule has 1 saturated carbocycles. The monoisotopic (exact) mass is 415 g/mol. The van der Waals surface area contributed by atoms with Crippen LogP contribution in [0.4, 0.5) is 10.1 Å². The van der Waals surface area contributed by atoms with Crippen molar-refractivity contribution in [3.8, 4) is 12.1 Å². The molecule has 0 saturated heterocycles. The van der Waals surface area contributed by atoms with Crippen molar-refractivity contribution in [1.82, 2.24) is 9.97 Å². The molecule has 2 bridgehead atoms. The molecule has 1 aromatic heterocycles. The summed E-state index contributed by atoms with van der Waals surface area (Å²) in [6.07, 6.45) is 2.85. The van der Waals surface area contributed by atoms with Crippen LogP contribution in [0.5, 0.6) is 0 Å². The van der Waals surface area contributed by atoms with Gasteiger partial charge < -0.3 is 4.90 Å². The predicted molar refractivity (Wildman–Crippen MR) is 111 cm³/mol. The number of fused-ring (bicyclic) bond motifs is 6. The van der Waals surface area contributed by atoms with Crippen LogP contribution in [0, 0.1) is 33.9 Å². The molecule has 3 atom stereocenters. The molecule has 5 rings (SSSR count). The second kappa shape index (κ2) is 6.34. The summed E-state index contributed by atoms with van der Waals surface area (Å²) in [5, 5.41) is 18.9. The summed E-state index contributed by atoms with van der Waals surface area (Å²) in [6, 6.07) is 8.49. The van der Waals surface area contributed by atoms with Crippen LogP contribution < -0.4 is 4.90 Å². The van der Waals surface area contributed by atoms with Crippen molar-refractivity contribution in [1.29, 1.82) is 10.5 Å². The van der Waals surface area contributed by atoms with Crippen molar-refractivity contribution >= 4 is 11.6 Å². The molecule has 1 amide bonds. The van der Waals surface area contributed by atoms with E-state index in [0.717, 1.165) is 30.5 Å². The van der Waals surface area contributed by atoms with Gasteiger partial charge in [-0.05, 0) is 61.8 Å². The summed E-state index contributed by atoms with van der Waals surface area (Å²) >= 11 is 0. The van der Waals surface area contributed by atoms with Gasteiger partial charge in [0.05, 0.1) is 16.8 Å². The lowest BCUT2D eigenvalue weighted by molar-refractivity contribution is -0.127. The van der Waals surface area contributed by atoms with Gasteiger partial charge in [-0.2, -0.15) is 10.5 Å². The van der Waals surface area contributed by atoms with Gasteiger partial charge in [0.15, 0.2) is 11.4 Å². The molecule has 31 heavy (non-hydrogen) atoms. The molecule has 2 aliphatic carbocycles. The van der Waals surface area contributed by atoms with Crippen molar-refractivity contribution in [3.63, 3.8) is 0 Å². The van der Waals surface area contributed by atoms with Crippen LogP contribution in [-0.4, -0.2) is 21.9 Å². The number of benzene rings is 1. The molecule has 0 N–H and O–H groups in total. The number of nitriles is 2. The van der Waals surface area contributed by atoms with Gasteiger partial charge in [0, 0.05) is 17.6 Å². The molecular weight excluding hydrogens is 393 g/mol. The summed E-state index contributed by atoms with van der Waals surface area (Å²) in [5.74, 6) is -0.381. The number of carbonyl (C=O) groups excluding carboxylic acids is 1.